The molecule has 3 aromatic rings. The summed E-state index contributed by atoms with van der Waals surface area (Å²) in [7, 11) is -2.66. The van der Waals surface area contributed by atoms with Crippen LogP contribution in [0.4, 0.5) is 0 Å². The van der Waals surface area contributed by atoms with E-state index in [9.17, 15) is 4.57 Å². The number of benzene rings is 3. The summed E-state index contributed by atoms with van der Waals surface area (Å²) >= 11 is 0. The lowest BCUT2D eigenvalue weighted by Crippen LogP contribution is -2.27. The molecule has 1 N–H and O–H groups in total. The topological polar surface area (TPSA) is 29.1 Å². The molecular weight excluding hydrogens is 313 g/mol. The van der Waals surface area contributed by atoms with Crippen LogP contribution in [-0.4, -0.2) is 12.8 Å². The van der Waals surface area contributed by atoms with Gasteiger partial charge in [0, 0.05) is 10.6 Å². The fourth-order valence-corrected chi connectivity index (χ4v) is 5.23. The van der Waals surface area contributed by atoms with Crippen molar-refractivity contribution in [1.29, 1.82) is 0 Å². The van der Waals surface area contributed by atoms with Crippen LogP contribution in [0.5, 0.6) is 0 Å². The molecule has 122 valence electrons. The zero-order valence-electron chi connectivity index (χ0n) is 13.6. The molecule has 2 nitrogen and oxygen atoms in total. The second-order valence-corrected chi connectivity index (χ2v) is 8.63. The van der Waals surface area contributed by atoms with Gasteiger partial charge in [0.25, 0.3) is 0 Å². The Kier molecular flexibility index (Phi) is 5.63. The van der Waals surface area contributed by atoms with E-state index in [1.807, 2.05) is 78.9 Å². The van der Waals surface area contributed by atoms with Crippen LogP contribution in [0.25, 0.3) is 0 Å². The van der Waals surface area contributed by atoms with Crippen LogP contribution >= 0.6 is 7.14 Å². The maximum atomic E-state index is 13.8. The highest BCUT2D eigenvalue weighted by atomic mass is 31.2. The van der Waals surface area contributed by atoms with Crippen molar-refractivity contribution in [2.75, 3.05) is 12.8 Å². The predicted octanol–water partition coefficient (Wildman–Crippen LogP) is 3.79. The van der Waals surface area contributed by atoms with Crippen LogP contribution in [0.3, 0.4) is 0 Å². The number of rotatable bonds is 7. The van der Waals surface area contributed by atoms with Crippen molar-refractivity contribution in [3.63, 3.8) is 0 Å². The average molecular weight is 335 g/mol. The van der Waals surface area contributed by atoms with Gasteiger partial charge in [-0.15, -0.1) is 0 Å². The van der Waals surface area contributed by atoms with Crippen molar-refractivity contribution >= 4 is 17.8 Å². The minimum absolute atomic E-state index is 0.480. The minimum Gasteiger partial charge on any atom is -0.312 e. The van der Waals surface area contributed by atoms with Gasteiger partial charge >= 0.3 is 0 Å². The summed E-state index contributed by atoms with van der Waals surface area (Å²) in [6.45, 7) is 0.813. The molecule has 0 spiro atoms. The van der Waals surface area contributed by atoms with E-state index in [-0.39, 0.29) is 0 Å². The van der Waals surface area contributed by atoms with Crippen LogP contribution in [0.1, 0.15) is 5.56 Å². The van der Waals surface area contributed by atoms with Crippen molar-refractivity contribution in [2.24, 2.45) is 0 Å². The Labute approximate surface area is 143 Å². The van der Waals surface area contributed by atoms with Crippen LogP contribution < -0.4 is 15.9 Å². The average Bonchev–Trinajstić information content (AvgIpc) is 2.67. The van der Waals surface area contributed by atoms with E-state index in [2.05, 4.69) is 17.4 Å². The maximum Gasteiger partial charge on any atom is 0.156 e. The van der Waals surface area contributed by atoms with Crippen LogP contribution in [0.2, 0.25) is 0 Å². The molecule has 3 aromatic carbocycles. The molecule has 24 heavy (non-hydrogen) atoms. The summed E-state index contributed by atoms with van der Waals surface area (Å²) in [5, 5.41) is 5.22. The summed E-state index contributed by atoms with van der Waals surface area (Å²) in [6.07, 6.45) is 1.41. The first-order chi connectivity index (χ1) is 11.8. The van der Waals surface area contributed by atoms with E-state index in [4.69, 9.17) is 0 Å². The minimum atomic E-state index is -2.66. The number of nitrogens with one attached hydrogen (secondary N) is 1. The quantitative estimate of drug-likeness (QED) is 0.526. The van der Waals surface area contributed by atoms with Crippen molar-refractivity contribution in [3.8, 4) is 0 Å². The molecule has 0 unspecified atom stereocenters. The first-order valence-corrected chi connectivity index (χ1v) is 10.1. The van der Waals surface area contributed by atoms with E-state index in [0.717, 1.165) is 23.6 Å². The predicted molar refractivity (Wildman–Crippen MR) is 103 cm³/mol. The van der Waals surface area contributed by atoms with Crippen LogP contribution in [0.15, 0.2) is 91.0 Å². The largest absolute Gasteiger partial charge is 0.312 e. The lowest BCUT2D eigenvalue weighted by atomic mass is 10.2. The molecule has 0 aliphatic rings. The van der Waals surface area contributed by atoms with E-state index in [0.29, 0.717) is 6.29 Å². The van der Waals surface area contributed by atoms with Gasteiger partial charge in [0.1, 0.15) is 0 Å². The monoisotopic (exact) mass is 335 g/mol. The first-order valence-electron chi connectivity index (χ1n) is 8.24. The Hall–Kier alpha value is -2.15. The fourth-order valence-electron chi connectivity index (χ4n) is 2.78. The molecule has 0 amide bonds. The normalized spacial score (nSPS) is 11.3. The molecule has 0 aliphatic carbocycles. The van der Waals surface area contributed by atoms with Crippen molar-refractivity contribution in [2.45, 2.75) is 6.42 Å². The smallest absolute Gasteiger partial charge is 0.156 e. The molecule has 0 fully saturated rings. The highest BCUT2D eigenvalue weighted by molar-refractivity contribution is 7.78. The summed E-state index contributed by atoms with van der Waals surface area (Å²) in [6, 6.07) is 30.0. The van der Waals surface area contributed by atoms with Gasteiger partial charge in [-0.05, 0) is 18.5 Å². The molecule has 0 saturated heterocycles. The first kappa shape index (κ1) is 16.7. The van der Waals surface area contributed by atoms with Crippen molar-refractivity contribution in [1.82, 2.24) is 5.32 Å². The third kappa shape index (κ3) is 4.03. The molecule has 0 radical (unpaired) electrons. The summed E-state index contributed by atoms with van der Waals surface area (Å²) in [5.74, 6) is 0. The second-order valence-electron chi connectivity index (χ2n) is 5.80. The van der Waals surface area contributed by atoms with Gasteiger partial charge in [-0.25, -0.2) is 0 Å². The van der Waals surface area contributed by atoms with Gasteiger partial charge < -0.3 is 9.88 Å². The SMILES string of the molecule is O=P(CNCCc1ccccc1)(c1ccccc1)c1ccccc1. The third-order valence-electron chi connectivity index (χ3n) is 4.11. The Bertz CT molecular complexity index is 744. The third-order valence-corrected chi connectivity index (χ3v) is 7.05. The van der Waals surface area contributed by atoms with E-state index < -0.39 is 7.14 Å². The van der Waals surface area contributed by atoms with Gasteiger partial charge in [0.15, 0.2) is 7.14 Å². The van der Waals surface area contributed by atoms with E-state index in [1.54, 1.807) is 0 Å². The van der Waals surface area contributed by atoms with Gasteiger partial charge in [-0.2, -0.15) is 0 Å². The van der Waals surface area contributed by atoms with Gasteiger partial charge in [-0.3, -0.25) is 0 Å². The van der Waals surface area contributed by atoms with Crippen molar-refractivity contribution in [3.05, 3.63) is 96.6 Å². The molecule has 0 bridgehead atoms. The summed E-state index contributed by atoms with van der Waals surface area (Å²) in [4.78, 5) is 0. The van der Waals surface area contributed by atoms with Crippen LogP contribution in [0, 0.1) is 0 Å². The fraction of sp³-hybridized carbons (Fsp3) is 0.143. The number of hydrogen-bond donors (Lipinski definition) is 1. The van der Waals surface area contributed by atoms with E-state index >= 15 is 0 Å². The number of hydrogen-bond acceptors (Lipinski definition) is 2. The highest BCUT2D eigenvalue weighted by Crippen LogP contribution is 2.41. The summed E-state index contributed by atoms with van der Waals surface area (Å²) < 4.78 is 13.8. The summed E-state index contributed by atoms with van der Waals surface area (Å²) in [5.41, 5.74) is 1.29. The van der Waals surface area contributed by atoms with Crippen LogP contribution in [-0.2, 0) is 11.0 Å². The molecule has 0 aromatic heterocycles. The van der Waals surface area contributed by atoms with Gasteiger partial charge in [-0.1, -0.05) is 91.0 Å². The molecule has 0 atom stereocenters. The van der Waals surface area contributed by atoms with Gasteiger partial charge in [0.05, 0.1) is 6.29 Å². The molecule has 3 rings (SSSR count). The zero-order valence-corrected chi connectivity index (χ0v) is 14.5. The maximum absolute atomic E-state index is 13.8. The molecular formula is C21H22NOP. The van der Waals surface area contributed by atoms with Gasteiger partial charge in [0.2, 0.25) is 0 Å². The molecule has 3 heteroatoms. The Morgan fingerprint density at radius 3 is 1.62 bits per heavy atom. The van der Waals surface area contributed by atoms with E-state index in [1.165, 1.54) is 5.56 Å². The standard InChI is InChI=1S/C21H22NOP/c23-24(20-12-6-2-7-13-20,21-14-8-3-9-15-21)18-22-17-16-19-10-4-1-5-11-19/h1-15,22H,16-18H2. The Balaban J connectivity index is 1.73. The van der Waals surface area contributed by atoms with Crippen molar-refractivity contribution < 1.29 is 4.57 Å². The molecule has 0 saturated carbocycles. The second kappa shape index (κ2) is 8.10. The lowest BCUT2D eigenvalue weighted by Gasteiger charge is -2.20. The zero-order chi connectivity index (χ0) is 16.7. The highest BCUT2D eigenvalue weighted by Gasteiger charge is 2.26. The molecule has 0 heterocycles. The Morgan fingerprint density at radius 2 is 1.12 bits per heavy atom. The Morgan fingerprint density at radius 1 is 0.667 bits per heavy atom. The lowest BCUT2D eigenvalue weighted by molar-refractivity contribution is 0.581. The molecule has 0 aliphatic heterocycles.